The molecule has 118 valence electrons. The molecule has 0 saturated heterocycles. The third-order valence-corrected chi connectivity index (χ3v) is 9.53. The first-order chi connectivity index (χ1) is 9.10. The Hall–Kier alpha value is 0.270. The number of aliphatic hydroxyl groups excluding tert-OH is 1. The van der Waals surface area contributed by atoms with Crippen LogP contribution in [0.5, 0.6) is 0 Å². The number of ether oxygens (including phenoxy) is 3. The summed E-state index contributed by atoms with van der Waals surface area (Å²) in [4.78, 5) is 0. The summed E-state index contributed by atoms with van der Waals surface area (Å²) in [6, 6.07) is 0. The predicted molar refractivity (Wildman–Crippen MR) is 84.3 cm³/mol. The van der Waals surface area contributed by atoms with Gasteiger partial charge in [0, 0.05) is 0 Å². The van der Waals surface area contributed by atoms with Crippen LogP contribution in [0.3, 0.4) is 0 Å². The van der Waals surface area contributed by atoms with Crippen LogP contribution in [0.15, 0.2) is 0 Å². The van der Waals surface area contributed by atoms with Gasteiger partial charge in [-0.3, -0.25) is 0 Å². The second kappa shape index (κ2) is 12.0. The van der Waals surface area contributed by atoms with E-state index in [0.29, 0.717) is 26.4 Å². The molecule has 5 heteroatoms. The van der Waals surface area contributed by atoms with Crippen molar-refractivity contribution in [1.82, 2.24) is 0 Å². The van der Waals surface area contributed by atoms with Crippen molar-refractivity contribution in [2.24, 2.45) is 0 Å². The monoisotopic (exact) mass is 296 g/mol. The molecular weight excluding hydrogens is 263 g/mol. The van der Waals surface area contributed by atoms with Crippen LogP contribution >= 0.6 is 7.26 Å². The standard InChI is InChI=1S/C14H33O4P/c1-5-19(6-2,13-14(3)15)12-11-18-10-9-17-8-7-16-4/h14-15,19H,5-13H2,1-4H3. The first-order valence-electron chi connectivity index (χ1n) is 7.42. The van der Waals surface area contributed by atoms with E-state index in [9.17, 15) is 5.11 Å². The molecule has 0 aliphatic rings. The zero-order valence-corrected chi connectivity index (χ0v) is 14.1. The SMILES string of the molecule is CC[PH](CC)(CCOCCOCCOC)CC(C)O. The molecule has 0 heterocycles. The molecule has 19 heavy (non-hydrogen) atoms. The van der Waals surface area contributed by atoms with E-state index in [1.807, 2.05) is 6.92 Å². The van der Waals surface area contributed by atoms with Gasteiger partial charge in [-0.05, 0) is 0 Å². The zero-order chi connectivity index (χ0) is 14.6. The van der Waals surface area contributed by atoms with Crippen LogP contribution in [0, 0.1) is 0 Å². The first-order valence-corrected chi connectivity index (χ1v) is 10.3. The van der Waals surface area contributed by atoms with Crippen LogP contribution in [0.25, 0.3) is 0 Å². The fraction of sp³-hybridized carbons (Fsp3) is 1.00. The average Bonchev–Trinajstić information content (AvgIpc) is 2.40. The molecule has 0 aliphatic carbocycles. The van der Waals surface area contributed by atoms with Gasteiger partial charge >= 0.3 is 118 Å². The van der Waals surface area contributed by atoms with Gasteiger partial charge in [0.25, 0.3) is 0 Å². The summed E-state index contributed by atoms with van der Waals surface area (Å²) < 4.78 is 15.9. The van der Waals surface area contributed by atoms with E-state index < -0.39 is 7.26 Å². The predicted octanol–water partition coefficient (Wildman–Crippen LogP) is 1.84. The van der Waals surface area contributed by atoms with Crippen molar-refractivity contribution < 1.29 is 19.3 Å². The van der Waals surface area contributed by atoms with E-state index in [-0.39, 0.29) is 6.10 Å². The van der Waals surface area contributed by atoms with Crippen molar-refractivity contribution in [2.45, 2.75) is 26.9 Å². The maximum atomic E-state index is 9.64. The van der Waals surface area contributed by atoms with Crippen LogP contribution in [-0.4, -0.2) is 76.0 Å². The molecule has 0 amide bonds. The van der Waals surface area contributed by atoms with E-state index in [0.717, 1.165) is 18.9 Å². The Morgan fingerprint density at radius 3 is 1.95 bits per heavy atom. The summed E-state index contributed by atoms with van der Waals surface area (Å²) in [5.41, 5.74) is 0. The molecule has 0 radical (unpaired) electrons. The van der Waals surface area contributed by atoms with Crippen LogP contribution in [0.2, 0.25) is 0 Å². The fourth-order valence-corrected chi connectivity index (χ4v) is 6.19. The number of aliphatic hydroxyl groups is 1. The number of hydrogen-bond donors (Lipinski definition) is 1. The third kappa shape index (κ3) is 9.75. The molecule has 0 saturated carbocycles. The van der Waals surface area contributed by atoms with Crippen LogP contribution in [0.1, 0.15) is 20.8 Å². The van der Waals surface area contributed by atoms with Crippen molar-refractivity contribution in [3.05, 3.63) is 0 Å². The van der Waals surface area contributed by atoms with Crippen LogP contribution < -0.4 is 0 Å². The Bertz CT molecular complexity index is 196. The van der Waals surface area contributed by atoms with E-state index in [1.165, 1.54) is 12.3 Å². The molecule has 1 atom stereocenters. The van der Waals surface area contributed by atoms with Crippen molar-refractivity contribution in [3.8, 4) is 0 Å². The molecule has 0 bridgehead atoms. The molecule has 0 fully saturated rings. The average molecular weight is 296 g/mol. The Morgan fingerprint density at radius 1 is 0.947 bits per heavy atom. The van der Waals surface area contributed by atoms with E-state index >= 15 is 0 Å². The first kappa shape index (κ1) is 19.3. The molecule has 0 aliphatic heterocycles. The molecule has 0 aromatic heterocycles. The summed E-state index contributed by atoms with van der Waals surface area (Å²) in [6.07, 6.45) is 4.41. The quantitative estimate of drug-likeness (QED) is 0.416. The van der Waals surface area contributed by atoms with Crippen molar-refractivity contribution in [2.75, 3.05) is 64.8 Å². The van der Waals surface area contributed by atoms with Crippen molar-refractivity contribution >= 4 is 7.26 Å². The minimum atomic E-state index is -1.32. The Morgan fingerprint density at radius 2 is 1.47 bits per heavy atom. The van der Waals surface area contributed by atoms with E-state index in [1.54, 1.807) is 7.11 Å². The summed E-state index contributed by atoms with van der Waals surface area (Å²) in [5.74, 6) is 0. The molecule has 0 aromatic rings. The molecule has 0 spiro atoms. The molecule has 0 aromatic carbocycles. The van der Waals surface area contributed by atoms with Crippen LogP contribution in [0.4, 0.5) is 0 Å². The summed E-state index contributed by atoms with van der Waals surface area (Å²) in [6.45, 7) is 9.76. The molecule has 4 nitrogen and oxygen atoms in total. The Balaban J connectivity index is 3.70. The van der Waals surface area contributed by atoms with Crippen LogP contribution in [-0.2, 0) is 14.2 Å². The maximum absolute atomic E-state index is 9.64. The second-order valence-electron chi connectivity index (χ2n) is 5.23. The molecule has 0 rings (SSSR count). The van der Waals surface area contributed by atoms with Crippen molar-refractivity contribution in [1.29, 1.82) is 0 Å². The van der Waals surface area contributed by atoms with Gasteiger partial charge in [0.05, 0.1) is 0 Å². The normalized spacial score (nSPS) is 14.6. The van der Waals surface area contributed by atoms with Gasteiger partial charge in [0.2, 0.25) is 0 Å². The van der Waals surface area contributed by atoms with Gasteiger partial charge in [-0.1, -0.05) is 0 Å². The summed E-state index contributed by atoms with van der Waals surface area (Å²) in [5, 5.41) is 9.64. The number of hydrogen-bond acceptors (Lipinski definition) is 4. The fourth-order valence-electron chi connectivity index (χ4n) is 2.37. The van der Waals surface area contributed by atoms with Gasteiger partial charge in [0.15, 0.2) is 0 Å². The molecule has 1 unspecified atom stereocenters. The van der Waals surface area contributed by atoms with Crippen molar-refractivity contribution in [3.63, 3.8) is 0 Å². The third-order valence-electron chi connectivity index (χ3n) is 3.81. The molecular formula is C14H33O4P. The van der Waals surface area contributed by atoms with Gasteiger partial charge in [-0.2, -0.15) is 0 Å². The van der Waals surface area contributed by atoms with E-state index in [2.05, 4.69) is 13.8 Å². The van der Waals surface area contributed by atoms with Gasteiger partial charge in [-0.15, -0.1) is 0 Å². The summed E-state index contributed by atoms with van der Waals surface area (Å²) >= 11 is 0. The zero-order valence-electron chi connectivity index (χ0n) is 13.1. The Labute approximate surface area is 119 Å². The van der Waals surface area contributed by atoms with Gasteiger partial charge in [-0.25, -0.2) is 0 Å². The van der Waals surface area contributed by atoms with E-state index in [4.69, 9.17) is 14.2 Å². The van der Waals surface area contributed by atoms with Gasteiger partial charge < -0.3 is 0 Å². The minimum absolute atomic E-state index is 0.177. The van der Waals surface area contributed by atoms with Gasteiger partial charge in [0.1, 0.15) is 0 Å². The number of methoxy groups -OCH3 is 1. The molecule has 1 N–H and O–H groups in total. The second-order valence-corrected chi connectivity index (χ2v) is 10.6. The topological polar surface area (TPSA) is 47.9 Å². The number of rotatable bonds is 13. The Kier molecular flexibility index (Phi) is 12.2. The summed E-state index contributed by atoms with van der Waals surface area (Å²) in [7, 11) is 0.345.